The van der Waals surface area contributed by atoms with Crippen molar-refractivity contribution < 1.29 is 22.3 Å². The van der Waals surface area contributed by atoms with Crippen LogP contribution in [-0.2, 0) is 15.0 Å². The van der Waals surface area contributed by atoms with Crippen molar-refractivity contribution in [3.63, 3.8) is 0 Å². The number of hydrogen-bond acceptors (Lipinski definition) is 4. The number of halogens is 1. The number of hydrogen-bond donors (Lipinski definition) is 0. The van der Waals surface area contributed by atoms with Crippen molar-refractivity contribution in [2.45, 2.75) is 26.7 Å². The van der Waals surface area contributed by atoms with Crippen LogP contribution in [0.1, 0.15) is 26.7 Å². The van der Waals surface area contributed by atoms with Crippen molar-refractivity contribution in [1.82, 2.24) is 13.5 Å². The van der Waals surface area contributed by atoms with Crippen molar-refractivity contribution in [3.8, 4) is 5.75 Å². The highest BCUT2D eigenvalue weighted by atomic mass is 32.2. The molecular formula is C18H28FN3O4S. The molecule has 1 amide bonds. The molecule has 7 nitrogen and oxygen atoms in total. The highest BCUT2D eigenvalue weighted by Crippen LogP contribution is 2.14. The Balaban J connectivity index is 1.73. The molecule has 27 heavy (non-hydrogen) atoms. The molecule has 1 heterocycles. The van der Waals surface area contributed by atoms with Crippen LogP contribution in [-0.4, -0.2) is 73.7 Å². The standard InChI is InChI=1S/C18H28FN3O4S/c1-3-21(4-2)27(24,25)22-12-10-20(11-13-22)18(23)9-6-14-26-17-8-5-7-16(19)15-17/h5,7-8,15H,3-4,6,9-14H2,1-2H3. The number of carbonyl (C=O) groups excluding carboxylic acids is 1. The fourth-order valence-corrected chi connectivity index (χ4v) is 4.61. The van der Waals surface area contributed by atoms with Gasteiger partial charge in [-0.1, -0.05) is 19.9 Å². The smallest absolute Gasteiger partial charge is 0.282 e. The number of ether oxygens (including phenoxy) is 1. The molecule has 0 N–H and O–H groups in total. The van der Waals surface area contributed by atoms with Gasteiger partial charge >= 0.3 is 0 Å². The van der Waals surface area contributed by atoms with E-state index in [-0.39, 0.29) is 11.7 Å². The topological polar surface area (TPSA) is 70.2 Å². The predicted molar refractivity (Wildman–Crippen MR) is 101 cm³/mol. The molecule has 1 aromatic rings. The normalized spacial score (nSPS) is 15.9. The molecule has 0 atom stereocenters. The molecule has 1 saturated heterocycles. The van der Waals surface area contributed by atoms with Crippen LogP contribution in [0.2, 0.25) is 0 Å². The Kier molecular flexibility index (Phi) is 8.00. The van der Waals surface area contributed by atoms with Gasteiger partial charge in [0.1, 0.15) is 11.6 Å². The summed E-state index contributed by atoms with van der Waals surface area (Å²) in [6, 6.07) is 5.88. The lowest BCUT2D eigenvalue weighted by Crippen LogP contribution is -2.54. The summed E-state index contributed by atoms with van der Waals surface area (Å²) < 4.78 is 46.4. The van der Waals surface area contributed by atoms with Crippen LogP contribution in [0.4, 0.5) is 4.39 Å². The lowest BCUT2D eigenvalue weighted by molar-refractivity contribution is -0.132. The van der Waals surface area contributed by atoms with Crippen LogP contribution < -0.4 is 4.74 Å². The van der Waals surface area contributed by atoms with Crippen molar-refractivity contribution >= 4 is 16.1 Å². The third-order valence-electron chi connectivity index (χ3n) is 4.55. The minimum Gasteiger partial charge on any atom is -0.493 e. The Hall–Kier alpha value is -1.71. The Labute approximate surface area is 160 Å². The Morgan fingerprint density at radius 1 is 1.19 bits per heavy atom. The van der Waals surface area contributed by atoms with Crippen molar-refractivity contribution in [3.05, 3.63) is 30.1 Å². The highest BCUT2D eigenvalue weighted by Gasteiger charge is 2.31. The molecule has 0 spiro atoms. The highest BCUT2D eigenvalue weighted by molar-refractivity contribution is 7.86. The van der Waals surface area contributed by atoms with Crippen molar-refractivity contribution in [1.29, 1.82) is 0 Å². The lowest BCUT2D eigenvalue weighted by atomic mass is 10.2. The largest absolute Gasteiger partial charge is 0.493 e. The van der Waals surface area contributed by atoms with Gasteiger partial charge < -0.3 is 9.64 Å². The summed E-state index contributed by atoms with van der Waals surface area (Å²) in [6.45, 7) is 6.22. The van der Waals surface area contributed by atoms with Crippen molar-refractivity contribution in [2.24, 2.45) is 0 Å². The molecule has 152 valence electrons. The first kappa shape index (κ1) is 21.6. The zero-order valence-electron chi connectivity index (χ0n) is 15.9. The van der Waals surface area contributed by atoms with E-state index in [1.807, 2.05) is 13.8 Å². The summed E-state index contributed by atoms with van der Waals surface area (Å²) in [4.78, 5) is 14.0. The average molecular weight is 402 g/mol. The van der Waals surface area contributed by atoms with Gasteiger partial charge in [0.25, 0.3) is 10.2 Å². The van der Waals surface area contributed by atoms with E-state index in [9.17, 15) is 17.6 Å². The van der Waals surface area contributed by atoms with Crippen LogP contribution in [0, 0.1) is 5.82 Å². The van der Waals surface area contributed by atoms with Gasteiger partial charge in [0.15, 0.2) is 0 Å². The number of amides is 1. The summed E-state index contributed by atoms with van der Waals surface area (Å²) in [5.41, 5.74) is 0. The first-order valence-corrected chi connectivity index (χ1v) is 10.7. The third kappa shape index (κ3) is 5.88. The average Bonchev–Trinajstić information content (AvgIpc) is 2.66. The van der Waals surface area contributed by atoms with E-state index in [1.54, 1.807) is 17.0 Å². The van der Waals surface area contributed by atoms with E-state index in [1.165, 1.54) is 20.7 Å². The molecule has 0 bridgehead atoms. The molecule has 1 fully saturated rings. The quantitative estimate of drug-likeness (QED) is 0.591. The minimum absolute atomic E-state index is 0.0160. The SMILES string of the molecule is CCN(CC)S(=O)(=O)N1CCN(C(=O)CCCOc2cccc(F)c2)CC1. The maximum Gasteiger partial charge on any atom is 0.282 e. The second-order valence-electron chi connectivity index (χ2n) is 6.28. The summed E-state index contributed by atoms with van der Waals surface area (Å²) in [6.07, 6.45) is 0.839. The summed E-state index contributed by atoms with van der Waals surface area (Å²) in [5.74, 6) is 0.0662. The van der Waals surface area contributed by atoms with Crippen LogP contribution >= 0.6 is 0 Å². The van der Waals surface area contributed by atoms with Gasteiger partial charge in [0.2, 0.25) is 5.91 Å². The molecule has 0 radical (unpaired) electrons. The lowest BCUT2D eigenvalue weighted by Gasteiger charge is -2.36. The minimum atomic E-state index is -3.45. The Bertz CT molecular complexity index is 717. The fraction of sp³-hybridized carbons (Fsp3) is 0.611. The zero-order chi connectivity index (χ0) is 19.9. The van der Waals surface area contributed by atoms with Crippen LogP contribution in [0.15, 0.2) is 24.3 Å². The van der Waals surface area contributed by atoms with Gasteiger partial charge in [0, 0.05) is 51.8 Å². The Morgan fingerprint density at radius 2 is 1.85 bits per heavy atom. The van der Waals surface area contributed by atoms with Crippen LogP contribution in [0.5, 0.6) is 5.75 Å². The summed E-state index contributed by atoms with van der Waals surface area (Å²) in [5, 5.41) is 0. The van der Waals surface area contributed by atoms with Gasteiger partial charge in [-0.15, -0.1) is 0 Å². The molecule has 0 aromatic heterocycles. The van der Waals surface area contributed by atoms with Crippen LogP contribution in [0.25, 0.3) is 0 Å². The van der Waals surface area contributed by atoms with Gasteiger partial charge in [-0.05, 0) is 18.6 Å². The van der Waals surface area contributed by atoms with E-state index < -0.39 is 10.2 Å². The van der Waals surface area contributed by atoms with E-state index in [0.29, 0.717) is 64.5 Å². The molecule has 1 aliphatic heterocycles. The zero-order valence-corrected chi connectivity index (χ0v) is 16.8. The van der Waals surface area contributed by atoms with Gasteiger partial charge in [0.05, 0.1) is 6.61 Å². The molecule has 9 heteroatoms. The molecule has 1 aliphatic rings. The number of nitrogens with zero attached hydrogens (tertiary/aromatic N) is 3. The first-order valence-electron chi connectivity index (χ1n) is 9.29. The van der Waals surface area contributed by atoms with E-state index in [2.05, 4.69) is 0 Å². The molecule has 0 saturated carbocycles. The maximum atomic E-state index is 13.1. The fourth-order valence-electron chi connectivity index (χ4n) is 3.01. The summed E-state index contributed by atoms with van der Waals surface area (Å²) >= 11 is 0. The molecule has 2 rings (SSSR count). The molecule has 0 aliphatic carbocycles. The third-order valence-corrected chi connectivity index (χ3v) is 6.74. The number of piperazine rings is 1. The summed E-state index contributed by atoms with van der Waals surface area (Å²) in [7, 11) is -3.45. The van der Waals surface area contributed by atoms with Gasteiger partial charge in [-0.3, -0.25) is 4.79 Å². The monoisotopic (exact) mass is 401 g/mol. The number of rotatable bonds is 9. The Morgan fingerprint density at radius 3 is 2.44 bits per heavy atom. The maximum absolute atomic E-state index is 13.1. The number of carbonyl (C=O) groups is 1. The van der Waals surface area contributed by atoms with E-state index in [4.69, 9.17) is 4.74 Å². The van der Waals surface area contributed by atoms with Gasteiger partial charge in [-0.2, -0.15) is 17.0 Å². The molecule has 0 unspecified atom stereocenters. The second kappa shape index (κ2) is 10.0. The van der Waals surface area contributed by atoms with Crippen molar-refractivity contribution in [2.75, 3.05) is 45.9 Å². The number of benzene rings is 1. The van der Waals surface area contributed by atoms with Crippen LogP contribution in [0.3, 0.4) is 0 Å². The predicted octanol–water partition coefficient (Wildman–Crippen LogP) is 1.72. The first-order chi connectivity index (χ1) is 12.9. The van der Waals surface area contributed by atoms with E-state index in [0.717, 1.165) is 0 Å². The van der Waals surface area contributed by atoms with E-state index >= 15 is 0 Å². The molecular weight excluding hydrogens is 373 g/mol. The molecule has 1 aromatic carbocycles. The van der Waals surface area contributed by atoms with Gasteiger partial charge in [-0.25, -0.2) is 4.39 Å². The second-order valence-corrected chi connectivity index (χ2v) is 8.21.